The second kappa shape index (κ2) is 9.12. The van der Waals surface area contributed by atoms with Gasteiger partial charge in [0.2, 0.25) is 5.88 Å². The number of hydrogen-bond acceptors (Lipinski definition) is 6. The van der Waals surface area contributed by atoms with Gasteiger partial charge in [0.25, 0.3) is 5.91 Å². The summed E-state index contributed by atoms with van der Waals surface area (Å²) in [7, 11) is 1.43. The van der Waals surface area contributed by atoms with Crippen molar-refractivity contribution < 1.29 is 40.6 Å². The molecule has 0 saturated heterocycles. The van der Waals surface area contributed by atoms with E-state index in [2.05, 4.69) is 14.7 Å². The minimum absolute atomic E-state index is 0.0716. The molecule has 4 rings (SSSR count). The van der Waals surface area contributed by atoms with E-state index in [1.54, 1.807) is 19.9 Å². The summed E-state index contributed by atoms with van der Waals surface area (Å²) in [6.07, 6.45) is -9.05. The summed E-state index contributed by atoms with van der Waals surface area (Å²) in [5.41, 5.74) is 0.466. The molecule has 0 atom stereocenters. The molecule has 0 spiro atoms. The van der Waals surface area contributed by atoms with Gasteiger partial charge in [0.15, 0.2) is 0 Å². The molecule has 1 aliphatic rings. The predicted molar refractivity (Wildman–Crippen MR) is 121 cm³/mol. The van der Waals surface area contributed by atoms with Crippen LogP contribution in [0.1, 0.15) is 32.7 Å². The molecule has 2 aromatic heterocycles. The number of pyridine rings is 2. The van der Waals surface area contributed by atoms with Crippen LogP contribution in [0.2, 0.25) is 0 Å². The number of hydrogen-bond donors (Lipinski definition) is 0. The molecule has 196 valence electrons. The van der Waals surface area contributed by atoms with Gasteiger partial charge in [-0.3, -0.25) is 9.69 Å². The maximum atomic E-state index is 13.5. The lowest BCUT2D eigenvalue weighted by atomic mass is 10.1. The van der Waals surface area contributed by atoms with Crippen LogP contribution < -0.4 is 19.3 Å². The van der Waals surface area contributed by atoms with Gasteiger partial charge in [-0.15, -0.1) is 13.2 Å². The van der Waals surface area contributed by atoms with Gasteiger partial charge in [0.1, 0.15) is 18.2 Å². The number of halogens is 6. The molecule has 3 aromatic rings. The van der Waals surface area contributed by atoms with Gasteiger partial charge in [-0.2, -0.15) is 13.2 Å². The lowest BCUT2D eigenvalue weighted by molar-refractivity contribution is -0.274. The number of aromatic nitrogens is 2. The Balaban J connectivity index is 1.87. The Kier molecular flexibility index (Phi) is 6.42. The molecule has 0 fully saturated rings. The molecule has 0 unspecified atom stereocenters. The normalized spacial score (nSPS) is 14.1. The van der Waals surface area contributed by atoms with Crippen molar-refractivity contribution in [1.29, 1.82) is 0 Å². The Hall–Kier alpha value is -4.03. The molecular weight excluding hydrogens is 506 g/mol. The zero-order valence-corrected chi connectivity index (χ0v) is 20.0. The Morgan fingerprint density at radius 3 is 2.22 bits per heavy atom. The van der Waals surface area contributed by atoms with Crippen LogP contribution in [0.3, 0.4) is 0 Å². The van der Waals surface area contributed by atoms with Crippen molar-refractivity contribution in [2.45, 2.75) is 33.3 Å². The number of rotatable bonds is 4. The van der Waals surface area contributed by atoms with Crippen molar-refractivity contribution in [2.75, 3.05) is 23.6 Å². The topological polar surface area (TPSA) is 67.8 Å². The van der Waals surface area contributed by atoms with Gasteiger partial charge >= 0.3 is 12.5 Å². The van der Waals surface area contributed by atoms with E-state index in [1.165, 1.54) is 29.9 Å². The summed E-state index contributed by atoms with van der Waals surface area (Å²) >= 11 is 0. The van der Waals surface area contributed by atoms with Gasteiger partial charge in [0, 0.05) is 17.4 Å². The molecule has 0 N–H and O–H groups in total. The predicted octanol–water partition coefficient (Wildman–Crippen LogP) is 6.08. The highest BCUT2D eigenvalue weighted by molar-refractivity contribution is 6.12. The number of nitrogens with zero attached hydrogens (tertiary/aromatic N) is 4. The van der Waals surface area contributed by atoms with Gasteiger partial charge in [0.05, 0.1) is 29.6 Å². The van der Waals surface area contributed by atoms with Crippen LogP contribution in [-0.2, 0) is 6.18 Å². The summed E-state index contributed by atoms with van der Waals surface area (Å²) in [4.78, 5) is 24.4. The van der Waals surface area contributed by atoms with Crippen LogP contribution >= 0.6 is 0 Å². The Morgan fingerprint density at radius 1 is 0.919 bits per heavy atom. The highest BCUT2D eigenvalue weighted by atomic mass is 19.4. The summed E-state index contributed by atoms with van der Waals surface area (Å²) in [5, 5.41) is 0. The Bertz CT molecular complexity index is 1370. The number of carbonyl (C=O) groups is 1. The number of methoxy groups -OCH3 is 1. The van der Waals surface area contributed by atoms with E-state index < -0.39 is 29.8 Å². The monoisotopic (exact) mass is 526 g/mol. The molecule has 0 aliphatic carbocycles. The van der Waals surface area contributed by atoms with E-state index in [4.69, 9.17) is 4.74 Å². The Labute approximate surface area is 207 Å². The van der Waals surface area contributed by atoms with E-state index in [9.17, 15) is 31.1 Å². The molecule has 0 saturated carbocycles. The third-order valence-corrected chi connectivity index (χ3v) is 5.72. The minimum Gasteiger partial charge on any atom is -0.481 e. The van der Waals surface area contributed by atoms with E-state index in [0.717, 1.165) is 12.1 Å². The molecular formula is C24H20F6N4O3. The number of ether oxygens (including phenoxy) is 2. The number of benzene rings is 1. The van der Waals surface area contributed by atoms with Crippen molar-refractivity contribution in [1.82, 2.24) is 9.97 Å². The standard InChI is InChI=1S/C24H20F6N4O3/c1-12-7-16(37-24(28,29)30)5-6-18(12)33-11-34(19-8-13(2)21(36-4)32-14(19)3)22(35)17-9-15(23(25,26)27)10-31-20(17)33/h5-10H,11H2,1-4H3. The van der Waals surface area contributed by atoms with Crippen LogP contribution in [0, 0.1) is 20.8 Å². The van der Waals surface area contributed by atoms with Crippen molar-refractivity contribution in [2.24, 2.45) is 0 Å². The van der Waals surface area contributed by atoms with Gasteiger partial charge in [-0.1, -0.05) is 0 Å². The summed E-state index contributed by atoms with van der Waals surface area (Å²) in [6.45, 7) is 4.62. The highest BCUT2D eigenvalue weighted by Crippen LogP contribution is 2.40. The lowest BCUT2D eigenvalue weighted by Crippen LogP contribution is -2.46. The van der Waals surface area contributed by atoms with Gasteiger partial charge in [-0.05, 0) is 56.7 Å². The molecule has 1 aromatic carbocycles. The first-order valence-electron chi connectivity index (χ1n) is 10.7. The average molecular weight is 526 g/mol. The molecule has 13 heteroatoms. The number of alkyl halides is 6. The zero-order chi connectivity index (χ0) is 27.3. The third-order valence-electron chi connectivity index (χ3n) is 5.72. The van der Waals surface area contributed by atoms with Crippen LogP contribution in [0.15, 0.2) is 36.5 Å². The fourth-order valence-corrected chi connectivity index (χ4v) is 4.06. The minimum atomic E-state index is -4.90. The number of amides is 1. The zero-order valence-electron chi connectivity index (χ0n) is 20.0. The molecule has 37 heavy (non-hydrogen) atoms. The van der Waals surface area contributed by atoms with E-state index >= 15 is 0 Å². The first kappa shape index (κ1) is 26.0. The molecule has 3 heterocycles. The number of carbonyl (C=O) groups excluding carboxylic acids is 1. The van der Waals surface area contributed by atoms with E-state index in [0.29, 0.717) is 46.3 Å². The van der Waals surface area contributed by atoms with Crippen LogP contribution in [0.25, 0.3) is 0 Å². The van der Waals surface area contributed by atoms with Crippen molar-refractivity contribution in [3.63, 3.8) is 0 Å². The maximum absolute atomic E-state index is 13.5. The van der Waals surface area contributed by atoms with Crippen LogP contribution in [0.4, 0.5) is 43.5 Å². The van der Waals surface area contributed by atoms with E-state index in [-0.39, 0.29) is 18.1 Å². The summed E-state index contributed by atoms with van der Waals surface area (Å²) in [6, 6.07) is 5.86. The fraction of sp³-hybridized carbons (Fsp3) is 0.292. The molecule has 0 radical (unpaired) electrons. The maximum Gasteiger partial charge on any atom is 0.573 e. The second-order valence-corrected chi connectivity index (χ2v) is 8.31. The van der Waals surface area contributed by atoms with Crippen molar-refractivity contribution >= 4 is 23.1 Å². The third kappa shape index (κ3) is 5.11. The lowest BCUT2D eigenvalue weighted by Gasteiger charge is -2.38. The van der Waals surface area contributed by atoms with Crippen LogP contribution in [-0.4, -0.2) is 36.0 Å². The molecule has 7 nitrogen and oxygen atoms in total. The Morgan fingerprint density at radius 2 is 1.62 bits per heavy atom. The number of fused-ring (bicyclic) bond motifs is 1. The first-order chi connectivity index (χ1) is 17.2. The SMILES string of the molecule is COc1nc(C)c(N2CN(c3ccc(OC(F)(F)F)cc3C)c3ncc(C(F)(F)F)cc3C2=O)cc1C. The van der Waals surface area contributed by atoms with Crippen LogP contribution in [0.5, 0.6) is 11.6 Å². The van der Waals surface area contributed by atoms with Gasteiger partial charge < -0.3 is 14.4 Å². The first-order valence-corrected chi connectivity index (χ1v) is 10.7. The highest BCUT2D eigenvalue weighted by Gasteiger charge is 2.38. The van der Waals surface area contributed by atoms with E-state index in [1.807, 2.05) is 0 Å². The smallest absolute Gasteiger partial charge is 0.481 e. The van der Waals surface area contributed by atoms with Crippen molar-refractivity contribution in [3.8, 4) is 11.6 Å². The number of aryl methyl sites for hydroxylation is 3. The largest absolute Gasteiger partial charge is 0.573 e. The molecule has 0 bridgehead atoms. The quantitative estimate of drug-likeness (QED) is 0.384. The molecule has 1 amide bonds. The second-order valence-electron chi connectivity index (χ2n) is 8.31. The summed E-state index contributed by atoms with van der Waals surface area (Å²) < 4.78 is 87.6. The summed E-state index contributed by atoms with van der Waals surface area (Å²) in [5.74, 6) is -0.961. The molecule has 1 aliphatic heterocycles. The van der Waals surface area contributed by atoms with Crippen molar-refractivity contribution in [3.05, 3.63) is 64.5 Å². The average Bonchev–Trinajstić information content (AvgIpc) is 2.79. The number of anilines is 3. The fourth-order valence-electron chi connectivity index (χ4n) is 4.06. The van der Waals surface area contributed by atoms with Gasteiger partial charge in [-0.25, -0.2) is 9.97 Å².